The van der Waals surface area contributed by atoms with Gasteiger partial charge in [0.15, 0.2) is 5.69 Å². The molecule has 2 unspecified atom stereocenters. The zero-order chi connectivity index (χ0) is 22.1. The Hall–Kier alpha value is -2.04. The number of hydrogen-bond donors (Lipinski definition) is 1. The highest BCUT2D eigenvalue weighted by molar-refractivity contribution is 5.95. The van der Waals surface area contributed by atoms with Gasteiger partial charge in [-0.15, -0.1) is 0 Å². The second-order valence-electron chi connectivity index (χ2n) is 9.57. The van der Waals surface area contributed by atoms with Crippen molar-refractivity contribution in [1.29, 1.82) is 0 Å². The lowest BCUT2D eigenvalue weighted by atomic mass is 9.50. The highest BCUT2D eigenvalue weighted by Gasteiger charge is 2.65. The van der Waals surface area contributed by atoms with Crippen molar-refractivity contribution in [1.82, 2.24) is 14.9 Å². The number of amides is 1. The lowest BCUT2D eigenvalue weighted by Crippen LogP contribution is -2.65. The third-order valence-corrected chi connectivity index (χ3v) is 6.90. The van der Waals surface area contributed by atoms with Gasteiger partial charge in [0.2, 0.25) is 5.95 Å². The van der Waals surface area contributed by atoms with E-state index in [4.69, 9.17) is 4.74 Å². The molecule has 0 radical (unpaired) electrons. The maximum Gasteiger partial charge on any atom is 0.434 e. The van der Waals surface area contributed by atoms with Gasteiger partial charge in [-0.3, -0.25) is 4.79 Å². The quantitative estimate of drug-likeness (QED) is 0.720. The van der Waals surface area contributed by atoms with E-state index in [1.807, 2.05) is 0 Å². The van der Waals surface area contributed by atoms with Crippen LogP contribution in [0.25, 0.3) is 0 Å². The van der Waals surface area contributed by atoms with Crippen molar-refractivity contribution in [2.24, 2.45) is 5.92 Å². The number of nitrogens with one attached hydrogen (secondary N) is 1. The number of rotatable bonds is 3. The van der Waals surface area contributed by atoms with Crippen LogP contribution in [0.5, 0.6) is 0 Å². The third-order valence-electron chi connectivity index (χ3n) is 6.90. The lowest BCUT2D eigenvalue weighted by molar-refractivity contribution is -0.142. The van der Waals surface area contributed by atoms with E-state index >= 15 is 8.78 Å². The molecule has 0 spiro atoms. The number of hydrogen-bond acceptors (Lipinski definition) is 5. The van der Waals surface area contributed by atoms with Crippen LogP contribution in [0.15, 0.2) is 6.20 Å². The first-order valence-electron chi connectivity index (χ1n) is 10.5. The van der Waals surface area contributed by atoms with Crippen molar-refractivity contribution in [2.45, 2.75) is 61.6 Å². The summed E-state index contributed by atoms with van der Waals surface area (Å²) in [5, 5.41) is 2.85. The highest BCUT2D eigenvalue weighted by Crippen LogP contribution is 2.62. The second kappa shape index (κ2) is 6.73. The molecule has 1 aliphatic heterocycles. The van der Waals surface area contributed by atoms with Crippen molar-refractivity contribution < 1.29 is 31.5 Å². The molecule has 1 aromatic rings. The molecule has 1 aromatic heterocycles. The Morgan fingerprint density at radius 2 is 1.74 bits per heavy atom. The van der Waals surface area contributed by atoms with Gasteiger partial charge in [0.05, 0.1) is 18.8 Å². The summed E-state index contributed by atoms with van der Waals surface area (Å²) < 4.78 is 76.7. The summed E-state index contributed by atoms with van der Waals surface area (Å²) in [5.41, 5.74) is -6.35. The highest BCUT2D eigenvalue weighted by atomic mass is 19.4. The molecule has 1 amide bonds. The van der Waals surface area contributed by atoms with Crippen LogP contribution in [0.3, 0.4) is 0 Å². The molecule has 5 aliphatic rings. The van der Waals surface area contributed by atoms with Crippen molar-refractivity contribution in [3.63, 3.8) is 0 Å². The van der Waals surface area contributed by atoms with Crippen LogP contribution in [0.4, 0.5) is 27.9 Å². The smallest absolute Gasteiger partial charge is 0.378 e. The molecule has 4 saturated carbocycles. The van der Waals surface area contributed by atoms with Gasteiger partial charge >= 0.3 is 6.18 Å². The fourth-order valence-corrected chi connectivity index (χ4v) is 6.33. The minimum atomic E-state index is -4.89. The standard InChI is InChI=1S/C20H23F5N4O2/c21-17-5-12-6-18(22,9-17)11-19(7-12,10-17)28-16-26-8-13(14(27-16)20(23,24)25)15(30)29-1-3-31-4-2-29/h8,12H,1-7,9-11H2,(H,26,27,28). The number of carbonyl (C=O) groups excluding carboxylic acids is 1. The second-order valence-corrected chi connectivity index (χ2v) is 9.57. The van der Waals surface area contributed by atoms with Crippen LogP contribution >= 0.6 is 0 Å². The van der Waals surface area contributed by atoms with E-state index in [1.54, 1.807) is 0 Å². The van der Waals surface area contributed by atoms with E-state index in [0.29, 0.717) is 6.42 Å². The molecule has 1 saturated heterocycles. The van der Waals surface area contributed by atoms with Gasteiger partial charge in [-0.2, -0.15) is 13.2 Å². The van der Waals surface area contributed by atoms with Crippen molar-refractivity contribution in [3.05, 3.63) is 17.5 Å². The Labute approximate surface area is 175 Å². The number of morpholine rings is 1. The number of alkyl halides is 5. The predicted octanol–water partition coefficient (Wildman–Crippen LogP) is 3.53. The average Bonchev–Trinajstić information content (AvgIpc) is 2.64. The molecule has 170 valence electrons. The van der Waals surface area contributed by atoms with Crippen molar-refractivity contribution in [3.8, 4) is 0 Å². The Bertz CT molecular complexity index is 886. The number of aromatic nitrogens is 2. The minimum Gasteiger partial charge on any atom is -0.378 e. The van der Waals surface area contributed by atoms with Gasteiger partial charge in [-0.1, -0.05) is 0 Å². The lowest BCUT2D eigenvalue weighted by Gasteiger charge is -2.61. The van der Waals surface area contributed by atoms with Crippen LogP contribution in [0.2, 0.25) is 0 Å². The summed E-state index contributed by atoms with van der Waals surface area (Å²) in [7, 11) is 0. The minimum absolute atomic E-state index is 0.0152. The summed E-state index contributed by atoms with van der Waals surface area (Å²) in [6.45, 7) is 0.843. The molecule has 11 heteroatoms. The molecule has 4 aliphatic carbocycles. The van der Waals surface area contributed by atoms with Gasteiger partial charge in [0.1, 0.15) is 11.3 Å². The molecule has 31 heavy (non-hydrogen) atoms. The number of carbonyl (C=O) groups is 1. The first kappa shape index (κ1) is 20.8. The third kappa shape index (κ3) is 3.74. The van der Waals surface area contributed by atoms with Gasteiger partial charge < -0.3 is 15.0 Å². The summed E-state index contributed by atoms with van der Waals surface area (Å²) in [4.78, 5) is 21.5. The summed E-state index contributed by atoms with van der Waals surface area (Å²) in [5.74, 6) is -1.34. The zero-order valence-electron chi connectivity index (χ0n) is 16.8. The molecule has 1 N–H and O–H groups in total. The Morgan fingerprint density at radius 1 is 1.10 bits per heavy atom. The monoisotopic (exact) mass is 446 g/mol. The molecule has 2 heterocycles. The average molecular weight is 446 g/mol. The predicted molar refractivity (Wildman–Crippen MR) is 99.0 cm³/mol. The summed E-state index contributed by atoms with van der Waals surface area (Å²) in [6.07, 6.45) is -3.14. The molecule has 4 bridgehead atoms. The molecule has 5 fully saturated rings. The first-order valence-corrected chi connectivity index (χ1v) is 10.5. The Morgan fingerprint density at radius 3 is 2.32 bits per heavy atom. The Kier molecular flexibility index (Phi) is 4.52. The first-order chi connectivity index (χ1) is 14.5. The molecule has 6 nitrogen and oxygen atoms in total. The van der Waals surface area contributed by atoms with Gasteiger partial charge in [0, 0.05) is 44.1 Å². The van der Waals surface area contributed by atoms with Gasteiger partial charge in [-0.05, 0) is 25.2 Å². The van der Waals surface area contributed by atoms with Crippen molar-refractivity contribution >= 4 is 11.9 Å². The number of halogens is 5. The van der Waals surface area contributed by atoms with E-state index in [2.05, 4.69) is 15.3 Å². The zero-order valence-corrected chi connectivity index (χ0v) is 16.8. The normalized spacial score (nSPS) is 37.2. The number of anilines is 1. The molecular weight excluding hydrogens is 423 g/mol. The van der Waals surface area contributed by atoms with Crippen LogP contribution in [0, 0.1) is 5.92 Å². The maximum absolute atomic E-state index is 15.2. The molecule has 6 rings (SSSR count). The van der Waals surface area contributed by atoms with Gasteiger partial charge in [-0.25, -0.2) is 18.7 Å². The fraction of sp³-hybridized carbons (Fsp3) is 0.750. The largest absolute Gasteiger partial charge is 0.434 e. The molecular formula is C20H23F5N4O2. The topological polar surface area (TPSA) is 67.4 Å². The number of ether oxygens (including phenoxy) is 1. The van der Waals surface area contributed by atoms with Crippen LogP contribution < -0.4 is 5.32 Å². The van der Waals surface area contributed by atoms with Gasteiger partial charge in [0.25, 0.3) is 5.91 Å². The number of nitrogens with zero attached hydrogens (tertiary/aromatic N) is 3. The summed E-state index contributed by atoms with van der Waals surface area (Å²) in [6, 6.07) is 0. The van der Waals surface area contributed by atoms with E-state index in [-0.39, 0.29) is 70.3 Å². The fourth-order valence-electron chi connectivity index (χ4n) is 6.33. The van der Waals surface area contributed by atoms with E-state index in [0.717, 1.165) is 6.20 Å². The molecule has 0 aromatic carbocycles. The Balaban J connectivity index is 1.45. The SMILES string of the molecule is O=C(c1cnc(NC23CC4CC(F)(CC(F)(C4)C2)C3)nc1C(F)(F)F)N1CCOCC1. The van der Waals surface area contributed by atoms with E-state index < -0.39 is 40.2 Å². The van der Waals surface area contributed by atoms with Crippen molar-refractivity contribution in [2.75, 3.05) is 31.6 Å². The van der Waals surface area contributed by atoms with Crippen LogP contribution in [-0.2, 0) is 10.9 Å². The van der Waals surface area contributed by atoms with Crippen LogP contribution in [-0.4, -0.2) is 64.0 Å². The summed E-state index contributed by atoms with van der Waals surface area (Å²) >= 11 is 0. The van der Waals surface area contributed by atoms with E-state index in [9.17, 15) is 18.0 Å². The van der Waals surface area contributed by atoms with E-state index in [1.165, 1.54) is 4.90 Å². The molecule has 2 atom stereocenters. The van der Waals surface area contributed by atoms with Crippen LogP contribution in [0.1, 0.15) is 54.6 Å². The maximum atomic E-state index is 15.2.